The molecule has 1 saturated heterocycles. The number of hydrogen-bond donors (Lipinski definition) is 0. The summed E-state index contributed by atoms with van der Waals surface area (Å²) in [5, 5.41) is 8.20. The second kappa shape index (κ2) is 6.16. The van der Waals surface area contributed by atoms with Gasteiger partial charge >= 0.3 is 0 Å². The van der Waals surface area contributed by atoms with Gasteiger partial charge < -0.3 is 4.90 Å². The summed E-state index contributed by atoms with van der Waals surface area (Å²) in [4.78, 5) is 14.7. The molecule has 1 aliphatic carbocycles. The number of aromatic nitrogens is 3. The number of carbonyl (C=O) groups is 1. The largest absolute Gasteiger partial charge is 0.334 e. The molecule has 116 valence electrons. The Morgan fingerprint density at radius 1 is 1.33 bits per heavy atom. The van der Waals surface area contributed by atoms with E-state index in [1.165, 1.54) is 19.3 Å². The molecular formula is C16H26N4O. The van der Waals surface area contributed by atoms with Crippen LogP contribution in [0, 0.1) is 11.8 Å². The van der Waals surface area contributed by atoms with Gasteiger partial charge in [-0.15, -0.1) is 5.10 Å². The lowest BCUT2D eigenvalue weighted by molar-refractivity contribution is 0.0684. The summed E-state index contributed by atoms with van der Waals surface area (Å²) in [7, 11) is 0. The van der Waals surface area contributed by atoms with Crippen LogP contribution in [0.5, 0.6) is 0 Å². The molecule has 0 unspecified atom stereocenters. The zero-order valence-corrected chi connectivity index (χ0v) is 13.2. The number of likely N-dealkylation sites (tertiary alicyclic amines) is 1. The second-order valence-corrected chi connectivity index (χ2v) is 6.95. The van der Waals surface area contributed by atoms with Crippen LogP contribution in [0.1, 0.15) is 62.9 Å². The maximum absolute atomic E-state index is 12.7. The van der Waals surface area contributed by atoms with E-state index >= 15 is 0 Å². The average molecular weight is 290 g/mol. The van der Waals surface area contributed by atoms with E-state index in [4.69, 9.17) is 0 Å². The Balaban J connectivity index is 1.65. The van der Waals surface area contributed by atoms with Gasteiger partial charge in [0.15, 0.2) is 5.69 Å². The minimum Gasteiger partial charge on any atom is -0.334 e. The van der Waals surface area contributed by atoms with E-state index in [1.807, 2.05) is 10.9 Å². The lowest BCUT2D eigenvalue weighted by Gasteiger charge is -2.31. The second-order valence-electron chi connectivity index (χ2n) is 6.95. The number of fused-ring (bicyclic) bond motifs is 1. The van der Waals surface area contributed by atoms with E-state index in [1.54, 1.807) is 0 Å². The lowest BCUT2D eigenvalue weighted by atomic mass is 9.85. The highest BCUT2D eigenvalue weighted by Crippen LogP contribution is 2.36. The van der Waals surface area contributed by atoms with Crippen molar-refractivity contribution in [1.82, 2.24) is 19.9 Å². The SMILES string of the molecule is CC(C)CCn1cc(C(=O)N2CC[C@@H]3CCCC[C@@H]32)nn1. The van der Waals surface area contributed by atoms with Crippen molar-refractivity contribution in [1.29, 1.82) is 0 Å². The molecule has 1 aliphatic heterocycles. The maximum Gasteiger partial charge on any atom is 0.276 e. The summed E-state index contributed by atoms with van der Waals surface area (Å²) in [5.74, 6) is 1.44. The summed E-state index contributed by atoms with van der Waals surface area (Å²) in [6, 6.07) is 0.451. The van der Waals surface area contributed by atoms with E-state index in [-0.39, 0.29) is 5.91 Å². The van der Waals surface area contributed by atoms with Gasteiger partial charge in [0.1, 0.15) is 0 Å². The Kier molecular flexibility index (Phi) is 4.27. The third-order valence-electron chi connectivity index (χ3n) is 4.96. The first-order chi connectivity index (χ1) is 10.1. The van der Waals surface area contributed by atoms with Crippen molar-refractivity contribution in [3.05, 3.63) is 11.9 Å². The molecule has 2 fully saturated rings. The molecule has 21 heavy (non-hydrogen) atoms. The van der Waals surface area contributed by atoms with Crippen molar-refractivity contribution in [2.75, 3.05) is 6.54 Å². The number of carbonyl (C=O) groups excluding carboxylic acids is 1. The Morgan fingerprint density at radius 2 is 2.14 bits per heavy atom. The average Bonchev–Trinajstić information content (AvgIpc) is 3.11. The molecule has 0 bridgehead atoms. The van der Waals surface area contributed by atoms with Gasteiger partial charge in [0, 0.05) is 19.1 Å². The third kappa shape index (κ3) is 3.11. The number of hydrogen-bond acceptors (Lipinski definition) is 3. The van der Waals surface area contributed by atoms with Crippen LogP contribution in [0.3, 0.4) is 0 Å². The fourth-order valence-corrected chi connectivity index (χ4v) is 3.70. The fourth-order valence-electron chi connectivity index (χ4n) is 3.70. The van der Waals surface area contributed by atoms with Gasteiger partial charge in [0.2, 0.25) is 0 Å². The van der Waals surface area contributed by atoms with Crippen LogP contribution in [0.4, 0.5) is 0 Å². The predicted molar refractivity (Wildman–Crippen MR) is 80.9 cm³/mol. The predicted octanol–water partition coefficient (Wildman–Crippen LogP) is 2.73. The third-order valence-corrected chi connectivity index (χ3v) is 4.96. The van der Waals surface area contributed by atoms with E-state index in [2.05, 4.69) is 29.1 Å². The first-order valence-corrected chi connectivity index (χ1v) is 8.36. The first kappa shape index (κ1) is 14.5. The lowest BCUT2D eigenvalue weighted by Crippen LogP contribution is -2.39. The number of amides is 1. The van der Waals surface area contributed by atoms with Crippen LogP contribution in [0.2, 0.25) is 0 Å². The van der Waals surface area contributed by atoms with Crippen molar-refractivity contribution in [2.45, 2.75) is 65.0 Å². The van der Waals surface area contributed by atoms with E-state index < -0.39 is 0 Å². The Morgan fingerprint density at radius 3 is 2.95 bits per heavy atom. The summed E-state index contributed by atoms with van der Waals surface area (Å²) in [6.07, 6.45) is 9.08. The molecule has 1 aromatic rings. The maximum atomic E-state index is 12.7. The minimum atomic E-state index is 0.0835. The number of aryl methyl sites for hydroxylation is 1. The molecule has 2 atom stereocenters. The molecule has 5 nitrogen and oxygen atoms in total. The van der Waals surface area contributed by atoms with E-state index in [0.717, 1.165) is 38.3 Å². The van der Waals surface area contributed by atoms with Gasteiger partial charge in [-0.2, -0.15) is 0 Å². The van der Waals surface area contributed by atoms with Crippen LogP contribution in [0.25, 0.3) is 0 Å². The molecule has 1 saturated carbocycles. The molecule has 2 heterocycles. The first-order valence-electron chi connectivity index (χ1n) is 8.36. The molecule has 2 aliphatic rings. The topological polar surface area (TPSA) is 51.0 Å². The quantitative estimate of drug-likeness (QED) is 0.856. The molecular weight excluding hydrogens is 264 g/mol. The van der Waals surface area contributed by atoms with E-state index in [0.29, 0.717) is 17.7 Å². The fraction of sp³-hybridized carbons (Fsp3) is 0.812. The van der Waals surface area contributed by atoms with Gasteiger partial charge in [-0.3, -0.25) is 9.48 Å². The molecule has 1 amide bonds. The van der Waals surface area contributed by atoms with Crippen molar-refractivity contribution >= 4 is 5.91 Å². The van der Waals surface area contributed by atoms with Gasteiger partial charge in [0.05, 0.1) is 6.20 Å². The van der Waals surface area contributed by atoms with Gasteiger partial charge in [-0.05, 0) is 37.5 Å². The number of nitrogens with zero attached hydrogens (tertiary/aromatic N) is 4. The molecule has 3 rings (SSSR count). The van der Waals surface area contributed by atoms with Crippen LogP contribution in [0.15, 0.2) is 6.20 Å². The molecule has 5 heteroatoms. The van der Waals surface area contributed by atoms with Crippen LogP contribution >= 0.6 is 0 Å². The summed E-state index contributed by atoms with van der Waals surface area (Å²) >= 11 is 0. The molecule has 0 radical (unpaired) electrons. The minimum absolute atomic E-state index is 0.0835. The highest BCUT2D eigenvalue weighted by molar-refractivity contribution is 5.92. The van der Waals surface area contributed by atoms with E-state index in [9.17, 15) is 4.79 Å². The van der Waals surface area contributed by atoms with Crippen LogP contribution in [-0.2, 0) is 6.54 Å². The van der Waals surface area contributed by atoms with Gasteiger partial charge in [-0.1, -0.05) is 31.9 Å². The Labute approximate surface area is 126 Å². The Hall–Kier alpha value is -1.39. The molecule has 1 aromatic heterocycles. The monoisotopic (exact) mass is 290 g/mol. The van der Waals surface area contributed by atoms with Gasteiger partial charge in [0.25, 0.3) is 5.91 Å². The van der Waals surface area contributed by atoms with Crippen molar-refractivity contribution in [2.24, 2.45) is 11.8 Å². The van der Waals surface area contributed by atoms with Crippen LogP contribution < -0.4 is 0 Å². The Bertz CT molecular complexity index is 496. The van der Waals surface area contributed by atoms with Crippen molar-refractivity contribution in [3.63, 3.8) is 0 Å². The number of rotatable bonds is 4. The van der Waals surface area contributed by atoms with Crippen molar-refractivity contribution in [3.8, 4) is 0 Å². The summed E-state index contributed by atoms with van der Waals surface area (Å²) in [6.45, 7) is 6.11. The smallest absolute Gasteiger partial charge is 0.276 e. The van der Waals surface area contributed by atoms with Gasteiger partial charge in [-0.25, -0.2) is 0 Å². The molecule has 0 N–H and O–H groups in total. The summed E-state index contributed by atoms with van der Waals surface area (Å²) in [5.41, 5.74) is 0.518. The summed E-state index contributed by atoms with van der Waals surface area (Å²) < 4.78 is 1.81. The molecule has 0 spiro atoms. The zero-order valence-electron chi connectivity index (χ0n) is 13.2. The zero-order chi connectivity index (χ0) is 14.8. The van der Waals surface area contributed by atoms with Crippen LogP contribution in [-0.4, -0.2) is 38.4 Å². The molecule has 0 aromatic carbocycles. The highest BCUT2D eigenvalue weighted by atomic mass is 16.2. The van der Waals surface area contributed by atoms with Crippen molar-refractivity contribution < 1.29 is 4.79 Å². The normalized spacial score (nSPS) is 25.4. The highest BCUT2D eigenvalue weighted by Gasteiger charge is 2.39. The standard InChI is InChI=1S/C16H26N4O/c1-12(2)7-9-19-11-14(17-18-19)16(21)20-10-8-13-5-3-4-6-15(13)20/h11-13,15H,3-10H2,1-2H3/t13-,15-/m0/s1.